The lowest BCUT2D eigenvalue weighted by atomic mass is 9.85. The molecule has 9 rings (SSSR count). The van der Waals surface area contributed by atoms with E-state index in [1.165, 1.54) is 60.5 Å². The Kier molecular flexibility index (Phi) is 5.25. The first-order valence-corrected chi connectivity index (χ1v) is 15.1. The van der Waals surface area contributed by atoms with Gasteiger partial charge in [0.25, 0.3) is 0 Å². The molecule has 8 aromatic carbocycles. The van der Waals surface area contributed by atoms with Crippen molar-refractivity contribution in [2.24, 2.45) is 0 Å². The summed E-state index contributed by atoms with van der Waals surface area (Å²) in [6.07, 6.45) is 0. The summed E-state index contributed by atoms with van der Waals surface area (Å²) in [5.41, 5.74) is 10.3. The van der Waals surface area contributed by atoms with E-state index >= 15 is 0 Å². The zero-order chi connectivity index (χ0) is 30.1. The average molecular weight is 562 g/mol. The smallest absolute Gasteiger partial charge is 0.136 e. The Morgan fingerprint density at radius 1 is 0.455 bits per heavy atom. The molecule has 206 valence electrons. The van der Waals surface area contributed by atoms with Gasteiger partial charge in [0.05, 0.1) is 1.37 Å². The summed E-state index contributed by atoms with van der Waals surface area (Å²) in [4.78, 5) is 0. The highest BCUT2D eigenvalue weighted by molar-refractivity contribution is 6.22. The van der Waals surface area contributed by atoms with Crippen LogP contribution in [0.4, 0.5) is 0 Å². The number of hydrogen-bond acceptors (Lipinski definition) is 1. The molecule has 0 saturated heterocycles. The van der Waals surface area contributed by atoms with Crippen LogP contribution < -0.4 is 0 Å². The number of fused-ring (bicyclic) bond motifs is 6. The van der Waals surface area contributed by atoms with Crippen LogP contribution in [0, 0.1) is 6.92 Å². The zero-order valence-corrected chi connectivity index (χ0v) is 24.3. The number of hydrogen-bond donors (Lipinski definition) is 0. The van der Waals surface area contributed by atoms with Crippen LogP contribution in [0.3, 0.4) is 0 Å². The molecule has 0 aliphatic heterocycles. The van der Waals surface area contributed by atoms with E-state index < -0.39 is 0 Å². The summed E-state index contributed by atoms with van der Waals surface area (Å²) in [5, 5.41) is 9.48. The molecule has 1 nitrogen and oxygen atoms in total. The van der Waals surface area contributed by atoms with Crippen LogP contribution in [0.2, 0.25) is 0 Å². The summed E-state index contributed by atoms with van der Waals surface area (Å²) >= 11 is 0. The van der Waals surface area contributed by atoms with Gasteiger partial charge in [0.15, 0.2) is 0 Å². The Hall–Kier alpha value is -5.66. The second-order valence-corrected chi connectivity index (χ2v) is 11.7. The second kappa shape index (κ2) is 9.69. The van der Waals surface area contributed by atoms with E-state index in [9.17, 15) is 0 Å². The van der Waals surface area contributed by atoms with Crippen LogP contribution in [0.15, 0.2) is 156 Å². The maximum atomic E-state index is 8.04. The molecule has 1 aromatic heterocycles. The molecule has 0 saturated carbocycles. The summed E-state index contributed by atoms with van der Waals surface area (Å²) in [6, 6.07) is 52.4. The minimum atomic E-state index is 0.534. The van der Waals surface area contributed by atoms with Gasteiger partial charge in [-0.15, -0.1) is 0 Å². The van der Waals surface area contributed by atoms with Crippen molar-refractivity contribution >= 4 is 54.3 Å². The summed E-state index contributed by atoms with van der Waals surface area (Å²) in [6.45, 7) is 2.10. The van der Waals surface area contributed by atoms with Crippen molar-refractivity contribution in [3.8, 4) is 33.4 Å². The molecule has 0 spiro atoms. The standard InChI is InChI=1S/C43H28O/c1-27-17-24-38-40(25-27)44-39-16-8-15-33(43(38)39)29-19-21-30(22-20-29)41-34-11-4-6-13-36(34)42(37-14-7-5-12-35(37)41)32-23-18-28-9-2-3-10-31(28)26-32/h2-26H,1H3/i2D. The molecule has 9 aromatic rings. The highest BCUT2D eigenvalue weighted by Gasteiger charge is 2.18. The SMILES string of the molecule is [2H]c1ccc2cc(-c3c4ccccc4c(-c4ccc(-c5cccc6oc7cc(C)ccc7c56)cc4)c4ccccc34)ccc2c1. The Bertz CT molecular complexity index is 2550. The summed E-state index contributed by atoms with van der Waals surface area (Å²) in [7, 11) is 0. The fourth-order valence-corrected chi connectivity index (χ4v) is 7.02. The van der Waals surface area contributed by atoms with Crippen molar-refractivity contribution in [3.63, 3.8) is 0 Å². The van der Waals surface area contributed by atoms with E-state index in [0.29, 0.717) is 6.04 Å². The first kappa shape index (κ1) is 23.9. The molecule has 0 aliphatic rings. The molecular formula is C43H28O. The van der Waals surface area contributed by atoms with E-state index in [2.05, 4.69) is 140 Å². The van der Waals surface area contributed by atoms with Crippen LogP contribution in [0.25, 0.3) is 87.6 Å². The lowest BCUT2D eigenvalue weighted by molar-refractivity contribution is 0.668. The molecule has 1 heterocycles. The fraction of sp³-hybridized carbons (Fsp3) is 0.0233. The maximum Gasteiger partial charge on any atom is 0.136 e. The van der Waals surface area contributed by atoms with E-state index in [4.69, 9.17) is 5.79 Å². The van der Waals surface area contributed by atoms with Gasteiger partial charge in [-0.25, -0.2) is 0 Å². The average Bonchev–Trinajstić information content (AvgIpc) is 3.45. The van der Waals surface area contributed by atoms with Crippen LogP contribution in [-0.4, -0.2) is 0 Å². The predicted octanol–water partition coefficient (Wildman–Crippen LogP) is 12.4. The molecule has 0 unspecified atom stereocenters. The molecule has 1 heteroatoms. The Balaban J connectivity index is 1.24. The normalized spacial score (nSPS) is 12.1. The third-order valence-electron chi connectivity index (χ3n) is 9.04. The molecule has 0 aliphatic carbocycles. The van der Waals surface area contributed by atoms with Crippen molar-refractivity contribution in [2.45, 2.75) is 6.92 Å². The summed E-state index contributed by atoms with van der Waals surface area (Å²) in [5.74, 6) is 0. The second-order valence-electron chi connectivity index (χ2n) is 11.7. The molecule has 44 heavy (non-hydrogen) atoms. The third kappa shape index (κ3) is 3.80. The van der Waals surface area contributed by atoms with E-state index in [1.54, 1.807) is 0 Å². The van der Waals surface area contributed by atoms with Gasteiger partial charge in [0.2, 0.25) is 0 Å². The Morgan fingerprint density at radius 2 is 1.11 bits per heavy atom. The van der Waals surface area contributed by atoms with Gasteiger partial charge in [0.1, 0.15) is 11.2 Å². The number of furan rings is 1. The van der Waals surface area contributed by atoms with E-state index in [0.717, 1.165) is 32.7 Å². The first-order valence-electron chi connectivity index (χ1n) is 15.6. The van der Waals surface area contributed by atoms with Crippen LogP contribution >= 0.6 is 0 Å². The monoisotopic (exact) mass is 561 g/mol. The van der Waals surface area contributed by atoms with Gasteiger partial charge >= 0.3 is 0 Å². The van der Waals surface area contributed by atoms with Crippen molar-refractivity contribution in [3.05, 3.63) is 157 Å². The largest absolute Gasteiger partial charge is 0.456 e. The summed E-state index contributed by atoms with van der Waals surface area (Å²) < 4.78 is 14.3. The van der Waals surface area contributed by atoms with E-state index in [-0.39, 0.29) is 0 Å². The molecule has 0 N–H and O–H groups in total. The van der Waals surface area contributed by atoms with Gasteiger partial charge < -0.3 is 4.42 Å². The maximum absolute atomic E-state index is 8.04. The molecule has 0 fully saturated rings. The lowest BCUT2D eigenvalue weighted by Crippen LogP contribution is -1.91. The minimum Gasteiger partial charge on any atom is -0.456 e. The Morgan fingerprint density at radius 3 is 1.84 bits per heavy atom. The lowest BCUT2D eigenvalue weighted by Gasteiger charge is -2.18. The van der Waals surface area contributed by atoms with Gasteiger partial charge in [-0.3, -0.25) is 0 Å². The van der Waals surface area contributed by atoms with Crippen molar-refractivity contribution in [1.82, 2.24) is 0 Å². The number of benzene rings is 8. The molecular weight excluding hydrogens is 532 g/mol. The van der Waals surface area contributed by atoms with Crippen LogP contribution in [-0.2, 0) is 0 Å². The number of rotatable bonds is 3. The molecule has 0 atom stereocenters. The fourth-order valence-electron chi connectivity index (χ4n) is 7.02. The Labute approximate surface area is 257 Å². The predicted molar refractivity (Wildman–Crippen MR) is 187 cm³/mol. The van der Waals surface area contributed by atoms with E-state index in [1.807, 2.05) is 12.1 Å². The van der Waals surface area contributed by atoms with Crippen molar-refractivity contribution < 1.29 is 5.79 Å². The first-order chi connectivity index (χ1) is 22.1. The minimum absolute atomic E-state index is 0.534. The topological polar surface area (TPSA) is 13.1 Å². The van der Waals surface area contributed by atoms with Crippen LogP contribution in [0.5, 0.6) is 0 Å². The quantitative estimate of drug-likeness (QED) is 0.196. The molecule has 0 amide bonds. The number of aryl methyl sites for hydroxylation is 1. The van der Waals surface area contributed by atoms with Gasteiger partial charge in [-0.05, 0) is 96.4 Å². The molecule has 0 bridgehead atoms. The van der Waals surface area contributed by atoms with Gasteiger partial charge in [-0.1, -0.05) is 133 Å². The van der Waals surface area contributed by atoms with Crippen molar-refractivity contribution in [1.29, 1.82) is 0 Å². The van der Waals surface area contributed by atoms with Crippen LogP contribution in [0.1, 0.15) is 6.93 Å². The van der Waals surface area contributed by atoms with Gasteiger partial charge in [-0.2, -0.15) is 0 Å². The molecule has 0 radical (unpaired) electrons. The highest BCUT2D eigenvalue weighted by Crippen LogP contribution is 2.45. The van der Waals surface area contributed by atoms with Gasteiger partial charge in [0, 0.05) is 10.8 Å². The third-order valence-corrected chi connectivity index (χ3v) is 9.04. The zero-order valence-electron chi connectivity index (χ0n) is 25.3. The van der Waals surface area contributed by atoms with Crippen molar-refractivity contribution in [2.75, 3.05) is 0 Å². The highest BCUT2D eigenvalue weighted by atomic mass is 16.3.